The van der Waals surface area contributed by atoms with E-state index in [0.717, 1.165) is 63.7 Å². The van der Waals surface area contributed by atoms with Gasteiger partial charge in [-0.3, -0.25) is 14.6 Å². The highest BCUT2D eigenvalue weighted by Crippen LogP contribution is 2.26. The minimum Gasteiger partial charge on any atom is -0.337 e. The van der Waals surface area contributed by atoms with E-state index in [4.69, 9.17) is 0 Å². The molecule has 0 radical (unpaired) electrons. The second-order valence-electron chi connectivity index (χ2n) is 8.56. The second-order valence-corrected chi connectivity index (χ2v) is 8.56. The van der Waals surface area contributed by atoms with Crippen LogP contribution in [0, 0.1) is 0 Å². The van der Waals surface area contributed by atoms with Gasteiger partial charge in [-0.25, -0.2) is 0 Å². The summed E-state index contributed by atoms with van der Waals surface area (Å²) >= 11 is 0. The van der Waals surface area contributed by atoms with Crippen LogP contribution in [0.5, 0.6) is 0 Å². The maximum atomic E-state index is 13.1. The molecule has 1 amide bonds. The molecule has 26 heavy (non-hydrogen) atoms. The summed E-state index contributed by atoms with van der Waals surface area (Å²) in [4.78, 5) is 20.3. The lowest BCUT2D eigenvalue weighted by atomic mass is 9.91. The quantitative estimate of drug-likeness (QED) is 0.833. The molecular weight excluding hydrogens is 322 g/mol. The van der Waals surface area contributed by atoms with Crippen molar-refractivity contribution in [3.8, 4) is 0 Å². The Morgan fingerprint density at radius 3 is 2.58 bits per heavy atom. The van der Waals surface area contributed by atoms with Crippen molar-refractivity contribution in [1.29, 1.82) is 0 Å². The van der Waals surface area contributed by atoms with Gasteiger partial charge in [0, 0.05) is 56.9 Å². The van der Waals surface area contributed by atoms with Crippen LogP contribution < -0.4 is 0 Å². The van der Waals surface area contributed by atoms with E-state index in [2.05, 4.69) is 46.7 Å². The summed E-state index contributed by atoms with van der Waals surface area (Å²) in [5.74, 6) is 0.231. The number of benzene rings is 1. The summed E-state index contributed by atoms with van der Waals surface area (Å²) < 4.78 is 0. The minimum atomic E-state index is 0.231. The van der Waals surface area contributed by atoms with Crippen molar-refractivity contribution >= 4 is 5.91 Å². The van der Waals surface area contributed by atoms with Crippen molar-refractivity contribution in [1.82, 2.24) is 14.7 Å². The molecule has 2 heterocycles. The highest BCUT2D eigenvalue weighted by atomic mass is 16.2. The molecule has 1 aromatic rings. The van der Waals surface area contributed by atoms with Gasteiger partial charge in [-0.1, -0.05) is 12.5 Å². The van der Waals surface area contributed by atoms with Crippen LogP contribution in [0.1, 0.15) is 61.0 Å². The van der Waals surface area contributed by atoms with Crippen LogP contribution >= 0.6 is 0 Å². The molecule has 4 nitrogen and oxygen atoms in total. The Morgan fingerprint density at radius 1 is 1.00 bits per heavy atom. The monoisotopic (exact) mass is 355 g/mol. The normalized spacial score (nSPS) is 22.8. The molecule has 2 fully saturated rings. The van der Waals surface area contributed by atoms with Crippen LogP contribution in [0.3, 0.4) is 0 Å². The Bertz CT molecular complexity index is 653. The summed E-state index contributed by atoms with van der Waals surface area (Å²) in [6, 6.07) is 7.79. The van der Waals surface area contributed by atoms with Crippen LogP contribution in [0.15, 0.2) is 18.2 Å². The topological polar surface area (TPSA) is 26.8 Å². The van der Waals surface area contributed by atoms with Crippen LogP contribution in [0.2, 0.25) is 0 Å². The minimum absolute atomic E-state index is 0.231. The van der Waals surface area contributed by atoms with E-state index in [0.29, 0.717) is 6.04 Å². The third-order valence-electron chi connectivity index (χ3n) is 6.63. The van der Waals surface area contributed by atoms with E-state index in [9.17, 15) is 4.79 Å². The molecule has 1 saturated carbocycles. The number of amides is 1. The number of carbonyl (C=O) groups is 1. The molecule has 142 valence electrons. The van der Waals surface area contributed by atoms with Gasteiger partial charge in [0.15, 0.2) is 0 Å². The van der Waals surface area contributed by atoms with Crippen LogP contribution in [-0.2, 0) is 13.0 Å². The fourth-order valence-electron chi connectivity index (χ4n) is 4.59. The SMILES string of the molecule is CC(C)N1CCc2cc(C(=O)N3CCCN(C4CCC4)CC3)ccc2C1. The van der Waals surface area contributed by atoms with Gasteiger partial charge in [-0.15, -0.1) is 0 Å². The van der Waals surface area contributed by atoms with Crippen molar-refractivity contribution in [2.75, 3.05) is 32.7 Å². The first kappa shape index (κ1) is 18.0. The van der Waals surface area contributed by atoms with Gasteiger partial charge < -0.3 is 4.90 Å². The van der Waals surface area contributed by atoms with E-state index in [1.165, 1.54) is 30.4 Å². The van der Waals surface area contributed by atoms with E-state index in [-0.39, 0.29) is 5.91 Å². The standard InChI is InChI=1S/C22H33N3O/c1-17(2)25-12-9-18-15-19(7-8-20(18)16-25)22(26)24-11-4-10-23(13-14-24)21-5-3-6-21/h7-8,15,17,21H,3-6,9-14,16H2,1-2H3. The molecule has 1 aliphatic carbocycles. The first-order valence-corrected chi connectivity index (χ1v) is 10.5. The lowest BCUT2D eigenvalue weighted by Gasteiger charge is -2.36. The van der Waals surface area contributed by atoms with Gasteiger partial charge in [0.1, 0.15) is 0 Å². The van der Waals surface area contributed by atoms with Crippen molar-refractivity contribution < 1.29 is 4.79 Å². The number of fused-ring (bicyclic) bond motifs is 1. The molecule has 0 spiro atoms. The van der Waals surface area contributed by atoms with Gasteiger partial charge in [-0.2, -0.15) is 0 Å². The number of nitrogens with zero attached hydrogens (tertiary/aromatic N) is 3. The zero-order chi connectivity index (χ0) is 18.1. The molecule has 1 saturated heterocycles. The zero-order valence-corrected chi connectivity index (χ0v) is 16.4. The molecule has 1 aromatic carbocycles. The molecule has 0 N–H and O–H groups in total. The van der Waals surface area contributed by atoms with Gasteiger partial charge in [0.25, 0.3) is 5.91 Å². The molecule has 4 rings (SSSR count). The first-order chi connectivity index (χ1) is 12.6. The molecular formula is C22H33N3O. The Hall–Kier alpha value is -1.39. The Morgan fingerprint density at radius 2 is 1.85 bits per heavy atom. The van der Waals surface area contributed by atoms with Crippen molar-refractivity contribution in [3.63, 3.8) is 0 Å². The third-order valence-corrected chi connectivity index (χ3v) is 6.63. The Balaban J connectivity index is 1.42. The number of rotatable bonds is 3. The summed E-state index contributed by atoms with van der Waals surface area (Å²) in [7, 11) is 0. The highest BCUT2D eigenvalue weighted by molar-refractivity contribution is 5.94. The summed E-state index contributed by atoms with van der Waals surface area (Å²) in [6.07, 6.45) is 6.26. The van der Waals surface area contributed by atoms with Crippen molar-refractivity contribution in [2.24, 2.45) is 0 Å². The van der Waals surface area contributed by atoms with Crippen molar-refractivity contribution in [3.05, 3.63) is 34.9 Å². The molecule has 0 atom stereocenters. The Kier molecular flexibility index (Phi) is 5.32. The highest BCUT2D eigenvalue weighted by Gasteiger charge is 2.28. The molecule has 0 aromatic heterocycles. The number of hydrogen-bond donors (Lipinski definition) is 0. The average Bonchev–Trinajstić information content (AvgIpc) is 2.84. The Labute approximate surface area is 158 Å². The number of hydrogen-bond acceptors (Lipinski definition) is 3. The lowest BCUT2D eigenvalue weighted by molar-refractivity contribution is 0.0749. The van der Waals surface area contributed by atoms with Gasteiger partial charge in [-0.05, 0) is 62.8 Å². The van der Waals surface area contributed by atoms with Crippen LogP contribution in [0.25, 0.3) is 0 Å². The summed E-state index contributed by atoms with van der Waals surface area (Å²) in [5, 5.41) is 0. The summed E-state index contributed by atoms with van der Waals surface area (Å²) in [6.45, 7) is 10.6. The second kappa shape index (κ2) is 7.69. The number of carbonyl (C=O) groups excluding carboxylic acids is 1. The molecule has 0 unspecified atom stereocenters. The van der Waals surface area contributed by atoms with Crippen LogP contribution in [0.4, 0.5) is 0 Å². The zero-order valence-electron chi connectivity index (χ0n) is 16.4. The molecule has 2 aliphatic heterocycles. The van der Waals surface area contributed by atoms with Crippen LogP contribution in [-0.4, -0.2) is 65.4 Å². The van der Waals surface area contributed by atoms with E-state index in [1.807, 2.05) is 0 Å². The van der Waals surface area contributed by atoms with E-state index >= 15 is 0 Å². The molecule has 3 aliphatic rings. The lowest BCUT2D eigenvalue weighted by Crippen LogP contribution is -2.42. The predicted octanol–water partition coefficient (Wildman–Crippen LogP) is 3.15. The maximum absolute atomic E-state index is 13.1. The smallest absolute Gasteiger partial charge is 0.253 e. The third kappa shape index (κ3) is 3.67. The molecule has 0 bridgehead atoms. The largest absolute Gasteiger partial charge is 0.337 e. The fourth-order valence-corrected chi connectivity index (χ4v) is 4.59. The predicted molar refractivity (Wildman–Crippen MR) is 105 cm³/mol. The van der Waals surface area contributed by atoms with E-state index in [1.54, 1.807) is 0 Å². The maximum Gasteiger partial charge on any atom is 0.253 e. The van der Waals surface area contributed by atoms with E-state index < -0.39 is 0 Å². The van der Waals surface area contributed by atoms with Crippen molar-refractivity contribution in [2.45, 2.75) is 64.6 Å². The van der Waals surface area contributed by atoms with Gasteiger partial charge in [0.2, 0.25) is 0 Å². The first-order valence-electron chi connectivity index (χ1n) is 10.5. The van der Waals surface area contributed by atoms with Gasteiger partial charge >= 0.3 is 0 Å². The summed E-state index contributed by atoms with van der Waals surface area (Å²) in [5.41, 5.74) is 3.66. The average molecular weight is 356 g/mol. The molecule has 4 heteroatoms. The van der Waals surface area contributed by atoms with Gasteiger partial charge in [0.05, 0.1) is 0 Å². The fraction of sp³-hybridized carbons (Fsp3) is 0.682.